The highest BCUT2D eigenvalue weighted by Gasteiger charge is 2.57. The van der Waals surface area contributed by atoms with Gasteiger partial charge in [-0.1, -0.05) is 19.3 Å². The third-order valence-electron chi connectivity index (χ3n) is 4.85. The van der Waals surface area contributed by atoms with Gasteiger partial charge in [-0.2, -0.15) is 0 Å². The summed E-state index contributed by atoms with van der Waals surface area (Å²) in [6.45, 7) is 3.56. The molecule has 0 aromatic carbocycles. The largest absolute Gasteiger partial charge is 0.479 e. The molecule has 0 radical (unpaired) electrons. The smallest absolute Gasteiger partial charge is 0.411 e. The van der Waals surface area contributed by atoms with Crippen LogP contribution in [0.15, 0.2) is 0 Å². The first-order valence-electron chi connectivity index (χ1n) is 8.30. The number of carboxylic acid groups (broad SMARTS) is 1. The first-order chi connectivity index (χ1) is 10.8. The summed E-state index contributed by atoms with van der Waals surface area (Å²) in [5.41, 5.74) is 4.12. The van der Waals surface area contributed by atoms with Gasteiger partial charge in [0.05, 0.1) is 12.1 Å². The van der Waals surface area contributed by atoms with Crippen molar-refractivity contribution in [3.8, 4) is 0 Å². The van der Waals surface area contributed by atoms with E-state index in [9.17, 15) is 19.5 Å². The molecule has 130 valence electrons. The number of carbonyl (C=O) groups excluding carboxylic acids is 2. The molecule has 1 aliphatic carbocycles. The molecule has 0 bridgehead atoms. The molecular formula is C16H26N2O5. The van der Waals surface area contributed by atoms with E-state index in [1.807, 2.05) is 0 Å². The lowest BCUT2D eigenvalue weighted by Gasteiger charge is -2.36. The summed E-state index contributed by atoms with van der Waals surface area (Å²) in [7, 11) is 0. The number of amides is 1. The molecule has 2 fully saturated rings. The van der Waals surface area contributed by atoms with E-state index in [0.29, 0.717) is 18.8 Å². The van der Waals surface area contributed by atoms with E-state index < -0.39 is 29.4 Å². The molecule has 3 N–H and O–H groups in total. The van der Waals surface area contributed by atoms with Crippen molar-refractivity contribution in [3.05, 3.63) is 0 Å². The summed E-state index contributed by atoms with van der Waals surface area (Å²) < 4.78 is 5.11. The molecule has 2 rings (SSSR count). The summed E-state index contributed by atoms with van der Waals surface area (Å²) in [6, 6.07) is -0.858. The lowest BCUT2D eigenvalue weighted by molar-refractivity contribution is -0.155. The van der Waals surface area contributed by atoms with E-state index >= 15 is 0 Å². The Hall–Kier alpha value is -1.63. The topological polar surface area (TPSA) is 110 Å². The number of hydrogen-bond donors (Lipinski definition) is 2. The Labute approximate surface area is 136 Å². The summed E-state index contributed by atoms with van der Waals surface area (Å²) in [5.74, 6) is -1.50. The molecule has 7 heteroatoms. The van der Waals surface area contributed by atoms with Crippen LogP contribution in [0.4, 0.5) is 4.79 Å². The van der Waals surface area contributed by atoms with Crippen LogP contribution in [0, 0.1) is 5.92 Å². The predicted molar refractivity (Wildman–Crippen MR) is 82.9 cm³/mol. The van der Waals surface area contributed by atoms with E-state index in [1.54, 1.807) is 13.8 Å². The fraction of sp³-hybridized carbons (Fsp3) is 0.812. The van der Waals surface area contributed by atoms with Crippen molar-refractivity contribution < 1.29 is 24.2 Å². The van der Waals surface area contributed by atoms with Crippen molar-refractivity contribution in [1.82, 2.24) is 4.90 Å². The number of carbonyl (C=O) groups is 3. The molecule has 1 heterocycles. The third kappa shape index (κ3) is 3.34. The molecule has 0 aromatic rings. The van der Waals surface area contributed by atoms with Crippen LogP contribution in [0.5, 0.6) is 0 Å². The van der Waals surface area contributed by atoms with Crippen LogP contribution < -0.4 is 5.73 Å². The monoisotopic (exact) mass is 326 g/mol. The van der Waals surface area contributed by atoms with Crippen molar-refractivity contribution in [2.75, 3.05) is 6.54 Å². The molecule has 1 amide bonds. The Bertz CT molecular complexity index is 489. The van der Waals surface area contributed by atoms with Gasteiger partial charge in [0.25, 0.3) is 0 Å². The van der Waals surface area contributed by atoms with Gasteiger partial charge in [-0.05, 0) is 39.0 Å². The highest BCUT2D eigenvalue weighted by atomic mass is 16.6. The number of Topliss-reactive ketones (excluding diaryl/α,β-unsaturated/α-hetero) is 1. The maximum atomic E-state index is 12.8. The molecule has 0 aromatic heterocycles. The van der Waals surface area contributed by atoms with Crippen molar-refractivity contribution in [2.24, 2.45) is 11.7 Å². The van der Waals surface area contributed by atoms with Crippen LogP contribution in [0.3, 0.4) is 0 Å². The fourth-order valence-corrected chi connectivity index (χ4v) is 3.42. The van der Waals surface area contributed by atoms with Crippen LogP contribution in [0.2, 0.25) is 0 Å². The Morgan fingerprint density at radius 3 is 2.43 bits per heavy atom. The highest BCUT2D eigenvalue weighted by Crippen LogP contribution is 2.35. The SMILES string of the molecule is CC(C)OC(=O)N1CCC[C@]1(C(=O)O)C(=O)[C@H](N)CC1CCC1. The van der Waals surface area contributed by atoms with Gasteiger partial charge < -0.3 is 15.6 Å². The zero-order valence-corrected chi connectivity index (χ0v) is 13.8. The van der Waals surface area contributed by atoms with Crippen molar-refractivity contribution in [1.29, 1.82) is 0 Å². The fourth-order valence-electron chi connectivity index (χ4n) is 3.42. The van der Waals surface area contributed by atoms with Gasteiger partial charge >= 0.3 is 12.1 Å². The lowest BCUT2D eigenvalue weighted by Crippen LogP contribution is -2.63. The molecular weight excluding hydrogens is 300 g/mol. The van der Waals surface area contributed by atoms with Gasteiger partial charge in [-0.3, -0.25) is 9.69 Å². The summed E-state index contributed by atoms with van der Waals surface area (Å²) in [5, 5.41) is 9.72. The standard InChI is InChI=1S/C16H26N2O5/c1-10(2)23-15(22)18-8-4-7-16(18,14(20)21)13(19)12(17)9-11-5-3-6-11/h10-12H,3-9,17H2,1-2H3,(H,20,21)/t12-,16-/m1/s1. The van der Waals surface area contributed by atoms with Gasteiger partial charge in [0.2, 0.25) is 5.54 Å². The van der Waals surface area contributed by atoms with Gasteiger partial charge in [0.1, 0.15) is 0 Å². The van der Waals surface area contributed by atoms with Crippen LogP contribution >= 0.6 is 0 Å². The maximum absolute atomic E-state index is 12.8. The summed E-state index contributed by atoms with van der Waals surface area (Å²) in [4.78, 5) is 38.0. The van der Waals surface area contributed by atoms with E-state index in [1.165, 1.54) is 0 Å². The quantitative estimate of drug-likeness (QED) is 0.716. The van der Waals surface area contributed by atoms with Gasteiger partial charge in [-0.25, -0.2) is 9.59 Å². The number of likely N-dealkylation sites (tertiary alicyclic amines) is 1. The van der Waals surface area contributed by atoms with E-state index in [2.05, 4.69) is 0 Å². The Kier molecular flexibility index (Phi) is 5.29. The second-order valence-electron chi connectivity index (χ2n) is 6.86. The summed E-state index contributed by atoms with van der Waals surface area (Å²) >= 11 is 0. The van der Waals surface area contributed by atoms with Gasteiger partial charge in [0.15, 0.2) is 5.78 Å². The summed E-state index contributed by atoms with van der Waals surface area (Å²) in [6.07, 6.45) is 3.06. The Balaban J connectivity index is 2.20. The molecule has 0 spiro atoms. The average molecular weight is 326 g/mol. The number of hydrogen-bond acceptors (Lipinski definition) is 5. The molecule has 7 nitrogen and oxygen atoms in total. The molecule has 1 saturated heterocycles. The third-order valence-corrected chi connectivity index (χ3v) is 4.85. The number of rotatable bonds is 6. The molecule has 1 saturated carbocycles. The van der Waals surface area contributed by atoms with E-state index in [4.69, 9.17) is 10.5 Å². The van der Waals surface area contributed by atoms with Gasteiger partial charge in [-0.15, -0.1) is 0 Å². The number of nitrogens with two attached hydrogens (primary N) is 1. The van der Waals surface area contributed by atoms with Crippen LogP contribution in [0.1, 0.15) is 52.4 Å². The Morgan fingerprint density at radius 1 is 1.30 bits per heavy atom. The zero-order chi connectivity index (χ0) is 17.2. The second kappa shape index (κ2) is 6.86. The molecule has 2 aliphatic rings. The number of ketones is 1. The van der Waals surface area contributed by atoms with Crippen molar-refractivity contribution in [2.45, 2.75) is 70.1 Å². The van der Waals surface area contributed by atoms with Crippen molar-refractivity contribution >= 4 is 17.8 Å². The molecule has 1 aliphatic heterocycles. The maximum Gasteiger partial charge on any atom is 0.411 e. The molecule has 23 heavy (non-hydrogen) atoms. The van der Waals surface area contributed by atoms with E-state index in [0.717, 1.165) is 24.2 Å². The number of ether oxygens (including phenoxy) is 1. The Morgan fingerprint density at radius 2 is 1.96 bits per heavy atom. The average Bonchev–Trinajstić information content (AvgIpc) is 2.86. The minimum atomic E-state index is -1.88. The van der Waals surface area contributed by atoms with Crippen LogP contribution in [-0.2, 0) is 14.3 Å². The van der Waals surface area contributed by atoms with Crippen LogP contribution in [0.25, 0.3) is 0 Å². The molecule has 2 atom stereocenters. The normalized spacial score (nSPS) is 26.0. The van der Waals surface area contributed by atoms with Crippen LogP contribution in [-0.4, -0.2) is 52.1 Å². The van der Waals surface area contributed by atoms with Crippen molar-refractivity contribution in [3.63, 3.8) is 0 Å². The first kappa shape index (κ1) is 17.7. The van der Waals surface area contributed by atoms with Gasteiger partial charge in [0, 0.05) is 6.54 Å². The number of nitrogens with zero attached hydrogens (tertiary/aromatic N) is 1. The number of carboxylic acids is 1. The number of aliphatic carboxylic acids is 1. The van der Waals surface area contributed by atoms with E-state index in [-0.39, 0.29) is 19.1 Å². The predicted octanol–water partition coefficient (Wildman–Crippen LogP) is 1.54. The first-order valence-corrected chi connectivity index (χ1v) is 8.30. The lowest BCUT2D eigenvalue weighted by atomic mass is 9.77. The minimum absolute atomic E-state index is 0.0900. The second-order valence-corrected chi connectivity index (χ2v) is 6.86. The minimum Gasteiger partial charge on any atom is -0.479 e. The molecule has 0 unspecified atom stereocenters. The zero-order valence-electron chi connectivity index (χ0n) is 13.8. The highest BCUT2D eigenvalue weighted by molar-refractivity contribution is 6.12.